The Labute approximate surface area is 160 Å². The summed E-state index contributed by atoms with van der Waals surface area (Å²) in [5, 5.41) is 33.1. The van der Waals surface area contributed by atoms with Crippen molar-refractivity contribution in [1.82, 2.24) is 14.5 Å². The number of fused-ring (bicyclic) bond motifs is 1. The van der Waals surface area contributed by atoms with Crippen LogP contribution in [0.3, 0.4) is 0 Å². The molecule has 4 rings (SSSR count). The highest BCUT2D eigenvalue weighted by atomic mass is 35.5. The van der Waals surface area contributed by atoms with Crippen LogP contribution in [0.4, 0.5) is 5.69 Å². The van der Waals surface area contributed by atoms with Gasteiger partial charge in [-0.05, 0) is 5.56 Å². The molecule has 27 heavy (non-hydrogen) atoms. The van der Waals surface area contributed by atoms with E-state index in [0.717, 1.165) is 5.56 Å². The number of hydrogen-bond acceptors (Lipinski definition) is 7. The molecule has 1 aliphatic rings. The number of aliphatic hydroxyl groups excluding tert-OH is 3. The molecule has 1 saturated heterocycles. The first-order valence-electron chi connectivity index (χ1n) is 8.52. The number of hydrogen-bond donors (Lipinski definition) is 4. The molecule has 4 unspecified atom stereocenters. The van der Waals surface area contributed by atoms with Crippen molar-refractivity contribution in [2.24, 2.45) is 0 Å². The molecule has 0 saturated carbocycles. The van der Waals surface area contributed by atoms with Gasteiger partial charge < -0.3 is 25.4 Å². The van der Waals surface area contributed by atoms with Crippen LogP contribution < -0.4 is 5.32 Å². The van der Waals surface area contributed by atoms with Gasteiger partial charge in [-0.3, -0.25) is 4.57 Å². The molecule has 4 atom stereocenters. The van der Waals surface area contributed by atoms with Crippen molar-refractivity contribution in [3.63, 3.8) is 0 Å². The van der Waals surface area contributed by atoms with Gasteiger partial charge in [0.05, 0.1) is 18.6 Å². The van der Waals surface area contributed by atoms with Gasteiger partial charge in [0.15, 0.2) is 11.9 Å². The van der Waals surface area contributed by atoms with Crippen molar-refractivity contribution < 1.29 is 20.1 Å². The van der Waals surface area contributed by atoms with E-state index in [1.54, 1.807) is 6.07 Å². The lowest BCUT2D eigenvalue weighted by Gasteiger charge is -2.17. The maximum Gasteiger partial charge on any atom is 0.165 e. The van der Waals surface area contributed by atoms with Crippen molar-refractivity contribution >= 4 is 28.5 Å². The number of anilines is 1. The molecule has 1 fully saturated rings. The van der Waals surface area contributed by atoms with Crippen LogP contribution in [-0.2, 0) is 11.3 Å². The summed E-state index contributed by atoms with van der Waals surface area (Å²) in [4.78, 5) is 8.67. The molecule has 0 bridgehead atoms. The second-order valence-electron chi connectivity index (χ2n) is 6.38. The number of imidazole rings is 1. The lowest BCUT2D eigenvalue weighted by atomic mass is 10.1. The molecule has 9 heteroatoms. The molecule has 1 aliphatic heterocycles. The van der Waals surface area contributed by atoms with Crippen LogP contribution >= 0.6 is 11.6 Å². The van der Waals surface area contributed by atoms with Crippen LogP contribution in [0.5, 0.6) is 0 Å². The van der Waals surface area contributed by atoms with Gasteiger partial charge in [-0.2, -0.15) is 0 Å². The summed E-state index contributed by atoms with van der Waals surface area (Å²) < 4.78 is 7.08. The topological polar surface area (TPSA) is 113 Å². The zero-order valence-electron chi connectivity index (χ0n) is 14.2. The van der Waals surface area contributed by atoms with E-state index in [2.05, 4.69) is 15.3 Å². The van der Waals surface area contributed by atoms with Crippen molar-refractivity contribution in [2.45, 2.75) is 31.1 Å². The van der Waals surface area contributed by atoms with Crippen LogP contribution in [0.2, 0.25) is 5.15 Å². The van der Waals surface area contributed by atoms with Gasteiger partial charge >= 0.3 is 0 Å². The Morgan fingerprint density at radius 3 is 2.67 bits per heavy atom. The summed E-state index contributed by atoms with van der Waals surface area (Å²) in [5.41, 5.74) is 2.77. The summed E-state index contributed by atoms with van der Waals surface area (Å²) in [6.07, 6.45) is -2.75. The minimum Gasteiger partial charge on any atom is -0.394 e. The third-order valence-electron chi connectivity index (χ3n) is 4.62. The Morgan fingerprint density at radius 2 is 1.96 bits per heavy atom. The van der Waals surface area contributed by atoms with Crippen LogP contribution in [0.1, 0.15) is 11.8 Å². The highest BCUT2D eigenvalue weighted by Gasteiger charge is 2.44. The van der Waals surface area contributed by atoms with E-state index in [9.17, 15) is 15.3 Å². The molecule has 0 radical (unpaired) electrons. The van der Waals surface area contributed by atoms with E-state index in [-0.39, 0.29) is 5.15 Å². The smallest absolute Gasteiger partial charge is 0.165 e. The maximum atomic E-state index is 10.3. The normalized spacial score (nSPS) is 25.2. The van der Waals surface area contributed by atoms with Gasteiger partial charge in [-0.25, -0.2) is 9.97 Å². The third kappa shape index (κ3) is 3.38. The van der Waals surface area contributed by atoms with Crippen molar-refractivity contribution in [2.75, 3.05) is 11.9 Å². The van der Waals surface area contributed by atoms with Crippen molar-refractivity contribution in [3.05, 3.63) is 53.4 Å². The summed E-state index contributed by atoms with van der Waals surface area (Å²) in [6.45, 7) is 0.177. The van der Waals surface area contributed by atoms with Gasteiger partial charge in [0, 0.05) is 12.6 Å². The number of nitrogens with one attached hydrogen (secondary N) is 1. The average Bonchev–Trinajstić information content (AvgIpc) is 3.22. The summed E-state index contributed by atoms with van der Waals surface area (Å²) >= 11 is 6.18. The first-order valence-corrected chi connectivity index (χ1v) is 8.89. The van der Waals surface area contributed by atoms with Gasteiger partial charge in [-0.15, -0.1) is 0 Å². The molecule has 8 nitrogen and oxygen atoms in total. The van der Waals surface area contributed by atoms with Crippen LogP contribution in [0, 0.1) is 0 Å². The van der Waals surface area contributed by atoms with E-state index >= 15 is 0 Å². The number of benzene rings is 1. The first kappa shape index (κ1) is 18.1. The van der Waals surface area contributed by atoms with Gasteiger partial charge in [0.25, 0.3) is 0 Å². The molecule has 2 aromatic heterocycles. The molecule has 1 aromatic carbocycles. The fraction of sp³-hybridized carbons (Fsp3) is 0.333. The Morgan fingerprint density at radius 1 is 1.19 bits per heavy atom. The highest BCUT2D eigenvalue weighted by Crippen LogP contribution is 2.33. The first-order chi connectivity index (χ1) is 13.1. The second kappa shape index (κ2) is 7.41. The number of pyridine rings is 1. The Hall–Kier alpha value is -2.23. The van der Waals surface area contributed by atoms with Gasteiger partial charge in [0.1, 0.15) is 29.0 Å². The monoisotopic (exact) mass is 390 g/mol. The maximum absolute atomic E-state index is 10.3. The predicted molar refractivity (Wildman–Crippen MR) is 99.3 cm³/mol. The Bertz CT molecular complexity index is 936. The summed E-state index contributed by atoms with van der Waals surface area (Å²) in [7, 11) is 0. The van der Waals surface area contributed by atoms with E-state index < -0.39 is 31.1 Å². The van der Waals surface area contributed by atoms with Crippen LogP contribution in [0.15, 0.2) is 42.7 Å². The summed E-state index contributed by atoms with van der Waals surface area (Å²) in [6, 6.07) is 11.6. The predicted octanol–water partition coefficient (Wildman–Crippen LogP) is 1.31. The van der Waals surface area contributed by atoms with Gasteiger partial charge in [0.2, 0.25) is 0 Å². The third-order valence-corrected chi connectivity index (χ3v) is 4.81. The minimum atomic E-state index is -1.22. The number of ether oxygens (including phenoxy) is 1. The number of aliphatic hydroxyl groups is 3. The fourth-order valence-electron chi connectivity index (χ4n) is 3.20. The fourth-order valence-corrected chi connectivity index (χ4v) is 3.39. The lowest BCUT2D eigenvalue weighted by Crippen LogP contribution is -2.33. The SMILES string of the molecule is OCC1OC(n2cnc3c(NCc4ccccc4)cc(Cl)nc32)C(O)C1O. The average molecular weight is 391 g/mol. The summed E-state index contributed by atoms with van der Waals surface area (Å²) in [5.74, 6) is 0. The standard InChI is InChI=1S/C18H19ClN4O4/c19-13-6-11(20-7-10-4-2-1-3-5-10)14-17(22-13)23(9-21-14)18-16(26)15(25)12(8-24)27-18/h1-6,9,12,15-16,18,24-26H,7-8H2,(H,20,22). The Balaban J connectivity index is 1.66. The highest BCUT2D eigenvalue weighted by molar-refractivity contribution is 6.30. The van der Waals surface area contributed by atoms with Crippen molar-refractivity contribution in [1.29, 1.82) is 0 Å². The van der Waals surface area contributed by atoms with E-state index in [1.807, 2.05) is 30.3 Å². The molecule has 0 amide bonds. The molecule has 3 aromatic rings. The number of halogens is 1. The quantitative estimate of drug-likeness (QED) is 0.486. The molecule has 0 spiro atoms. The number of rotatable bonds is 5. The number of nitrogens with zero attached hydrogens (tertiary/aromatic N) is 3. The molecular formula is C18H19ClN4O4. The van der Waals surface area contributed by atoms with Crippen LogP contribution in [0.25, 0.3) is 11.2 Å². The molecular weight excluding hydrogens is 372 g/mol. The van der Waals surface area contributed by atoms with E-state index in [1.165, 1.54) is 10.9 Å². The van der Waals surface area contributed by atoms with E-state index in [0.29, 0.717) is 23.4 Å². The lowest BCUT2D eigenvalue weighted by molar-refractivity contribution is -0.0511. The van der Waals surface area contributed by atoms with Gasteiger partial charge in [-0.1, -0.05) is 41.9 Å². The van der Waals surface area contributed by atoms with Crippen molar-refractivity contribution in [3.8, 4) is 0 Å². The van der Waals surface area contributed by atoms with Crippen LogP contribution in [-0.4, -0.2) is 54.8 Å². The Kier molecular flexibility index (Phi) is 4.98. The van der Waals surface area contributed by atoms with E-state index in [4.69, 9.17) is 16.3 Å². The molecule has 3 heterocycles. The largest absolute Gasteiger partial charge is 0.394 e. The zero-order chi connectivity index (χ0) is 19.0. The molecule has 142 valence electrons. The minimum absolute atomic E-state index is 0.256. The molecule has 4 N–H and O–H groups in total. The second-order valence-corrected chi connectivity index (χ2v) is 6.77. The molecule has 0 aliphatic carbocycles. The zero-order valence-corrected chi connectivity index (χ0v) is 15.0. The number of aromatic nitrogens is 3.